The Morgan fingerprint density at radius 3 is 2.70 bits per heavy atom. The number of carbonyl (C=O) groups is 1. The maximum absolute atomic E-state index is 13.1. The standard InChI is InChI=1S/C22H16N4O2S2/c23-12-16-10-11-29-20(16)25-19(27)14-30-22-24-18-9-5-4-8-17(18)21(28)26(22)13-15-6-2-1-3-7-15/h1-11H,13-14H2,(H,25,27). The zero-order chi connectivity index (χ0) is 20.9. The van der Waals surface area contributed by atoms with Gasteiger partial charge in [0, 0.05) is 0 Å². The van der Waals surface area contributed by atoms with Gasteiger partial charge in [0.25, 0.3) is 5.56 Å². The minimum Gasteiger partial charge on any atom is -0.316 e. The van der Waals surface area contributed by atoms with Gasteiger partial charge >= 0.3 is 0 Å². The second-order valence-electron chi connectivity index (χ2n) is 6.40. The predicted molar refractivity (Wildman–Crippen MR) is 120 cm³/mol. The van der Waals surface area contributed by atoms with E-state index in [0.717, 1.165) is 5.56 Å². The first kappa shape index (κ1) is 19.9. The van der Waals surface area contributed by atoms with Gasteiger partial charge in [-0.15, -0.1) is 11.3 Å². The molecule has 0 unspecified atom stereocenters. The maximum Gasteiger partial charge on any atom is 0.262 e. The van der Waals surface area contributed by atoms with Crippen molar-refractivity contribution >= 4 is 44.9 Å². The zero-order valence-electron chi connectivity index (χ0n) is 15.7. The predicted octanol–water partition coefficient (Wildman–Crippen LogP) is 4.11. The summed E-state index contributed by atoms with van der Waals surface area (Å²) in [4.78, 5) is 30.2. The van der Waals surface area contributed by atoms with E-state index in [-0.39, 0.29) is 17.2 Å². The highest BCUT2D eigenvalue weighted by molar-refractivity contribution is 7.99. The van der Waals surface area contributed by atoms with Crippen molar-refractivity contribution in [2.24, 2.45) is 0 Å². The number of hydrogen-bond acceptors (Lipinski definition) is 6. The Balaban J connectivity index is 1.62. The van der Waals surface area contributed by atoms with Crippen molar-refractivity contribution in [2.45, 2.75) is 11.7 Å². The van der Waals surface area contributed by atoms with Crippen LogP contribution in [0.25, 0.3) is 10.9 Å². The van der Waals surface area contributed by atoms with Crippen LogP contribution in [-0.2, 0) is 11.3 Å². The normalized spacial score (nSPS) is 10.6. The summed E-state index contributed by atoms with van der Waals surface area (Å²) in [5.74, 6) is -0.185. The summed E-state index contributed by atoms with van der Waals surface area (Å²) in [5, 5.41) is 15.1. The molecule has 148 valence electrons. The molecule has 2 aromatic heterocycles. The molecule has 30 heavy (non-hydrogen) atoms. The second kappa shape index (κ2) is 8.95. The van der Waals surface area contributed by atoms with E-state index in [1.165, 1.54) is 23.1 Å². The summed E-state index contributed by atoms with van der Waals surface area (Å²) in [6.07, 6.45) is 0. The molecule has 0 bridgehead atoms. The molecule has 0 fully saturated rings. The molecular formula is C22H16N4O2S2. The number of amides is 1. The van der Waals surface area contributed by atoms with Gasteiger partial charge in [0.05, 0.1) is 28.8 Å². The van der Waals surface area contributed by atoms with Gasteiger partial charge in [-0.3, -0.25) is 14.2 Å². The molecule has 2 heterocycles. The van der Waals surface area contributed by atoms with E-state index in [1.54, 1.807) is 28.1 Å². The van der Waals surface area contributed by atoms with Crippen LogP contribution in [0.5, 0.6) is 0 Å². The summed E-state index contributed by atoms with van der Waals surface area (Å²) in [5.41, 5.74) is 1.86. The molecule has 0 radical (unpaired) electrons. The van der Waals surface area contributed by atoms with E-state index in [1.807, 2.05) is 48.5 Å². The van der Waals surface area contributed by atoms with Crippen LogP contribution in [0.4, 0.5) is 5.00 Å². The lowest BCUT2D eigenvalue weighted by atomic mass is 10.2. The van der Waals surface area contributed by atoms with Crippen LogP contribution in [0, 0.1) is 11.3 Å². The number of benzene rings is 2. The highest BCUT2D eigenvalue weighted by atomic mass is 32.2. The van der Waals surface area contributed by atoms with Crippen LogP contribution in [-0.4, -0.2) is 21.2 Å². The van der Waals surface area contributed by atoms with E-state index in [9.17, 15) is 9.59 Å². The third-order valence-electron chi connectivity index (χ3n) is 4.38. The summed E-state index contributed by atoms with van der Waals surface area (Å²) >= 11 is 2.50. The van der Waals surface area contributed by atoms with Crippen molar-refractivity contribution in [3.05, 3.63) is 87.5 Å². The summed E-state index contributed by atoms with van der Waals surface area (Å²) in [6.45, 7) is 0.366. The van der Waals surface area contributed by atoms with Crippen molar-refractivity contribution in [1.29, 1.82) is 5.26 Å². The molecule has 0 aliphatic heterocycles. The topological polar surface area (TPSA) is 87.8 Å². The number of nitrogens with one attached hydrogen (secondary N) is 1. The van der Waals surface area contributed by atoms with Gasteiger partial charge in [0.2, 0.25) is 5.91 Å². The van der Waals surface area contributed by atoms with E-state index in [0.29, 0.717) is 33.2 Å². The molecule has 0 saturated heterocycles. The molecular weight excluding hydrogens is 416 g/mol. The first-order valence-electron chi connectivity index (χ1n) is 9.09. The average Bonchev–Trinajstić information content (AvgIpc) is 3.22. The van der Waals surface area contributed by atoms with E-state index < -0.39 is 0 Å². The van der Waals surface area contributed by atoms with E-state index in [2.05, 4.69) is 10.3 Å². The number of hydrogen-bond donors (Lipinski definition) is 1. The number of carbonyl (C=O) groups excluding carboxylic acids is 1. The van der Waals surface area contributed by atoms with E-state index in [4.69, 9.17) is 5.26 Å². The summed E-state index contributed by atoms with van der Waals surface area (Å²) < 4.78 is 1.60. The number of thioether (sulfide) groups is 1. The fraction of sp³-hybridized carbons (Fsp3) is 0.0909. The Morgan fingerprint density at radius 1 is 1.13 bits per heavy atom. The van der Waals surface area contributed by atoms with Crippen LogP contribution in [0.15, 0.2) is 76.0 Å². The number of para-hydroxylation sites is 1. The quantitative estimate of drug-likeness (QED) is 0.366. The number of nitriles is 1. The van der Waals surface area contributed by atoms with Crippen LogP contribution in [0.2, 0.25) is 0 Å². The molecule has 4 rings (SSSR count). The number of rotatable bonds is 6. The Kier molecular flexibility index (Phi) is 5.93. The molecule has 6 nitrogen and oxygen atoms in total. The van der Waals surface area contributed by atoms with Gasteiger partial charge in [0.1, 0.15) is 11.1 Å². The zero-order valence-corrected chi connectivity index (χ0v) is 17.4. The Labute approximate surface area is 180 Å². The van der Waals surface area contributed by atoms with Gasteiger partial charge in [0.15, 0.2) is 5.16 Å². The fourth-order valence-electron chi connectivity index (χ4n) is 2.95. The van der Waals surface area contributed by atoms with Gasteiger partial charge in [-0.1, -0.05) is 54.2 Å². The number of nitrogens with zero attached hydrogens (tertiary/aromatic N) is 3. The monoisotopic (exact) mass is 432 g/mol. The first-order chi connectivity index (χ1) is 14.7. The number of thiophene rings is 1. The average molecular weight is 433 g/mol. The van der Waals surface area contributed by atoms with Gasteiger partial charge in [-0.25, -0.2) is 4.98 Å². The Hall–Kier alpha value is -3.41. The number of fused-ring (bicyclic) bond motifs is 1. The molecule has 0 spiro atoms. The third-order valence-corrected chi connectivity index (χ3v) is 6.19. The minimum absolute atomic E-state index is 0.0718. The lowest BCUT2D eigenvalue weighted by Gasteiger charge is -2.13. The van der Waals surface area contributed by atoms with Crippen LogP contribution in [0.3, 0.4) is 0 Å². The van der Waals surface area contributed by atoms with Crippen molar-refractivity contribution in [1.82, 2.24) is 9.55 Å². The van der Waals surface area contributed by atoms with Gasteiger partial charge in [-0.2, -0.15) is 5.26 Å². The third kappa shape index (κ3) is 4.27. The smallest absolute Gasteiger partial charge is 0.262 e. The van der Waals surface area contributed by atoms with Crippen molar-refractivity contribution in [3.63, 3.8) is 0 Å². The molecule has 0 atom stereocenters. The molecule has 1 N–H and O–H groups in total. The lowest BCUT2D eigenvalue weighted by molar-refractivity contribution is -0.113. The van der Waals surface area contributed by atoms with Crippen molar-refractivity contribution < 1.29 is 4.79 Å². The van der Waals surface area contributed by atoms with Crippen molar-refractivity contribution in [3.8, 4) is 6.07 Å². The minimum atomic E-state index is -0.257. The fourth-order valence-corrected chi connectivity index (χ4v) is 4.50. The SMILES string of the molecule is N#Cc1ccsc1NC(=O)CSc1nc2ccccc2c(=O)n1Cc1ccccc1. The Morgan fingerprint density at radius 2 is 1.90 bits per heavy atom. The van der Waals surface area contributed by atoms with Gasteiger partial charge < -0.3 is 5.32 Å². The number of anilines is 1. The lowest BCUT2D eigenvalue weighted by Crippen LogP contribution is -2.24. The van der Waals surface area contributed by atoms with E-state index >= 15 is 0 Å². The summed E-state index contributed by atoms with van der Waals surface area (Å²) in [6, 6.07) is 20.6. The molecule has 4 aromatic rings. The van der Waals surface area contributed by atoms with Crippen molar-refractivity contribution in [2.75, 3.05) is 11.1 Å². The maximum atomic E-state index is 13.1. The molecule has 0 aliphatic rings. The number of aromatic nitrogens is 2. The van der Waals surface area contributed by atoms with Crippen LogP contribution < -0.4 is 10.9 Å². The molecule has 1 amide bonds. The molecule has 2 aromatic carbocycles. The Bertz CT molecular complexity index is 1310. The molecule has 8 heteroatoms. The second-order valence-corrected chi connectivity index (χ2v) is 8.26. The largest absolute Gasteiger partial charge is 0.316 e. The highest BCUT2D eigenvalue weighted by Crippen LogP contribution is 2.23. The highest BCUT2D eigenvalue weighted by Gasteiger charge is 2.15. The van der Waals surface area contributed by atoms with Crippen LogP contribution >= 0.6 is 23.1 Å². The van der Waals surface area contributed by atoms with Gasteiger partial charge in [-0.05, 0) is 29.1 Å². The van der Waals surface area contributed by atoms with Crippen LogP contribution in [0.1, 0.15) is 11.1 Å². The molecule has 0 aliphatic carbocycles. The molecule has 0 saturated carbocycles. The first-order valence-corrected chi connectivity index (χ1v) is 11.0. The summed E-state index contributed by atoms with van der Waals surface area (Å²) in [7, 11) is 0.